The lowest BCUT2D eigenvalue weighted by Gasteiger charge is -2.35. The summed E-state index contributed by atoms with van der Waals surface area (Å²) >= 11 is 0. The van der Waals surface area contributed by atoms with Gasteiger partial charge in [0, 0.05) is 45.6 Å². The lowest BCUT2D eigenvalue weighted by molar-refractivity contribution is -0.145. The maximum Gasteiger partial charge on any atom is 0.255 e. The molecule has 128 valence electrons. The number of hydrogen-bond acceptors (Lipinski definition) is 4. The van der Waals surface area contributed by atoms with E-state index in [1.165, 1.54) is 4.90 Å². The molecule has 0 saturated carbocycles. The number of carbonyl (C=O) groups is 3. The molecule has 24 heavy (non-hydrogen) atoms. The van der Waals surface area contributed by atoms with E-state index in [1.54, 1.807) is 48.4 Å². The van der Waals surface area contributed by atoms with Gasteiger partial charge in [-0.1, -0.05) is 0 Å². The Morgan fingerprint density at radius 1 is 1.29 bits per heavy atom. The second kappa shape index (κ2) is 6.59. The van der Waals surface area contributed by atoms with Crippen molar-refractivity contribution in [3.05, 3.63) is 30.1 Å². The minimum atomic E-state index is -0.223. The first kappa shape index (κ1) is 16.4. The van der Waals surface area contributed by atoms with Gasteiger partial charge in [-0.25, -0.2) is 0 Å². The van der Waals surface area contributed by atoms with Gasteiger partial charge < -0.3 is 14.7 Å². The second-order valence-electron chi connectivity index (χ2n) is 6.63. The van der Waals surface area contributed by atoms with Crippen LogP contribution >= 0.6 is 0 Å². The van der Waals surface area contributed by atoms with Crippen LogP contribution in [0.3, 0.4) is 0 Å². The van der Waals surface area contributed by atoms with E-state index >= 15 is 0 Å². The van der Waals surface area contributed by atoms with Gasteiger partial charge in [0.05, 0.1) is 11.5 Å². The average molecular weight is 330 g/mol. The van der Waals surface area contributed by atoms with Crippen LogP contribution in [-0.2, 0) is 9.59 Å². The molecule has 0 N–H and O–H groups in total. The number of hydrogen-bond donors (Lipinski definition) is 0. The first-order valence-electron chi connectivity index (χ1n) is 8.17. The summed E-state index contributed by atoms with van der Waals surface area (Å²) in [5.41, 5.74) is 0.530. The van der Waals surface area contributed by atoms with E-state index in [1.807, 2.05) is 0 Å². The van der Waals surface area contributed by atoms with E-state index < -0.39 is 0 Å². The van der Waals surface area contributed by atoms with Gasteiger partial charge in [0.15, 0.2) is 0 Å². The number of likely N-dealkylation sites (N-methyl/N-ethyl adjacent to an activating group) is 1. The quantitative estimate of drug-likeness (QED) is 0.795. The van der Waals surface area contributed by atoms with Crippen LogP contribution in [-0.4, -0.2) is 77.2 Å². The minimum absolute atomic E-state index is 0.0112. The Morgan fingerprint density at radius 2 is 2.08 bits per heavy atom. The normalized spacial score (nSPS) is 23.2. The third-order valence-corrected chi connectivity index (χ3v) is 4.79. The number of carbonyl (C=O) groups excluding carboxylic acids is 3. The van der Waals surface area contributed by atoms with Crippen molar-refractivity contribution in [1.29, 1.82) is 0 Å². The molecular weight excluding hydrogens is 308 g/mol. The third-order valence-electron chi connectivity index (χ3n) is 4.79. The van der Waals surface area contributed by atoms with Crippen LogP contribution in [0.2, 0.25) is 0 Å². The summed E-state index contributed by atoms with van der Waals surface area (Å²) in [5, 5.41) is 0. The van der Waals surface area contributed by atoms with Crippen LogP contribution in [0.25, 0.3) is 0 Å². The van der Waals surface area contributed by atoms with E-state index in [0.29, 0.717) is 18.7 Å². The van der Waals surface area contributed by atoms with Gasteiger partial charge in [0.25, 0.3) is 5.91 Å². The standard InChI is InChI=1S/C17H22N4O3/c1-19(2)15(22)11-21-14-6-5-13(17(21)24)9-20(10-14)16(23)12-4-3-7-18-8-12/h3-4,7-8,13-14H,5-6,9-11H2,1-2H3/t13-,14+/m0/s1. The average Bonchev–Trinajstić information content (AvgIpc) is 2.87. The lowest BCUT2D eigenvalue weighted by Crippen LogP contribution is -2.51. The van der Waals surface area contributed by atoms with Gasteiger partial charge in [-0.15, -0.1) is 0 Å². The fourth-order valence-electron chi connectivity index (χ4n) is 3.37. The fourth-order valence-corrected chi connectivity index (χ4v) is 3.37. The van der Waals surface area contributed by atoms with E-state index in [-0.39, 0.29) is 36.2 Å². The topological polar surface area (TPSA) is 73.8 Å². The van der Waals surface area contributed by atoms with Crippen LogP contribution in [0.4, 0.5) is 0 Å². The number of pyridine rings is 1. The Kier molecular flexibility index (Phi) is 4.51. The monoisotopic (exact) mass is 330 g/mol. The van der Waals surface area contributed by atoms with Crippen molar-refractivity contribution in [3.8, 4) is 0 Å². The van der Waals surface area contributed by atoms with Crippen LogP contribution in [0.1, 0.15) is 23.2 Å². The molecule has 3 aliphatic rings. The van der Waals surface area contributed by atoms with Gasteiger partial charge in [-0.2, -0.15) is 0 Å². The zero-order valence-electron chi connectivity index (χ0n) is 14.0. The summed E-state index contributed by atoms with van der Waals surface area (Å²) in [6.07, 6.45) is 4.77. The molecule has 0 spiro atoms. The molecule has 3 aliphatic heterocycles. The summed E-state index contributed by atoms with van der Waals surface area (Å²) in [6.45, 7) is 0.967. The highest BCUT2D eigenvalue weighted by atomic mass is 16.2. The van der Waals surface area contributed by atoms with Gasteiger partial charge in [-0.05, 0) is 25.0 Å². The Bertz CT molecular complexity index is 646. The molecule has 0 aromatic carbocycles. The Morgan fingerprint density at radius 3 is 2.75 bits per heavy atom. The van der Waals surface area contributed by atoms with Crippen LogP contribution in [0, 0.1) is 5.92 Å². The van der Waals surface area contributed by atoms with Crippen LogP contribution in [0.15, 0.2) is 24.5 Å². The number of nitrogens with zero attached hydrogens (tertiary/aromatic N) is 4. The number of fused-ring (bicyclic) bond motifs is 4. The zero-order valence-corrected chi connectivity index (χ0v) is 14.0. The molecule has 4 rings (SSSR count). The molecule has 7 heteroatoms. The highest BCUT2D eigenvalue weighted by molar-refractivity contribution is 5.95. The highest BCUT2D eigenvalue weighted by Gasteiger charge is 2.42. The predicted molar refractivity (Wildman–Crippen MR) is 87.1 cm³/mol. The molecule has 3 amide bonds. The van der Waals surface area contributed by atoms with E-state index in [4.69, 9.17) is 0 Å². The number of rotatable bonds is 3. The minimum Gasteiger partial charge on any atom is -0.347 e. The predicted octanol–water partition coefficient (Wildman–Crippen LogP) is 0.233. The number of amides is 3. The smallest absolute Gasteiger partial charge is 0.255 e. The molecule has 2 bridgehead atoms. The van der Waals surface area contributed by atoms with Crippen molar-refractivity contribution in [2.45, 2.75) is 18.9 Å². The molecule has 3 saturated heterocycles. The molecule has 0 aliphatic carbocycles. The highest BCUT2D eigenvalue weighted by Crippen LogP contribution is 2.29. The molecule has 0 unspecified atom stereocenters. The number of piperidine rings is 1. The van der Waals surface area contributed by atoms with Crippen LogP contribution in [0.5, 0.6) is 0 Å². The van der Waals surface area contributed by atoms with Gasteiger partial charge in [0.1, 0.15) is 6.54 Å². The molecule has 1 aromatic heterocycles. The lowest BCUT2D eigenvalue weighted by atomic mass is 9.94. The summed E-state index contributed by atoms with van der Waals surface area (Å²) in [6, 6.07) is 3.37. The van der Waals surface area contributed by atoms with Crippen molar-refractivity contribution < 1.29 is 14.4 Å². The third kappa shape index (κ3) is 3.11. The first-order chi connectivity index (χ1) is 11.5. The van der Waals surface area contributed by atoms with Crippen molar-refractivity contribution in [1.82, 2.24) is 19.7 Å². The zero-order chi connectivity index (χ0) is 17.3. The van der Waals surface area contributed by atoms with Crippen molar-refractivity contribution in [2.75, 3.05) is 33.7 Å². The molecule has 3 fully saturated rings. The van der Waals surface area contributed by atoms with Crippen molar-refractivity contribution >= 4 is 17.7 Å². The summed E-state index contributed by atoms with van der Waals surface area (Å²) in [5.74, 6) is -0.433. The fraction of sp³-hybridized carbons (Fsp3) is 0.529. The molecule has 2 atom stereocenters. The van der Waals surface area contributed by atoms with Crippen molar-refractivity contribution in [2.24, 2.45) is 5.92 Å². The Balaban J connectivity index is 1.78. The maximum absolute atomic E-state index is 12.7. The molecular formula is C17H22N4O3. The van der Waals surface area contributed by atoms with E-state index in [2.05, 4.69) is 4.98 Å². The van der Waals surface area contributed by atoms with Crippen molar-refractivity contribution in [3.63, 3.8) is 0 Å². The molecule has 0 radical (unpaired) electrons. The van der Waals surface area contributed by atoms with Crippen LogP contribution < -0.4 is 0 Å². The first-order valence-corrected chi connectivity index (χ1v) is 8.17. The van der Waals surface area contributed by atoms with Gasteiger partial charge in [-0.3, -0.25) is 19.4 Å². The second-order valence-corrected chi connectivity index (χ2v) is 6.63. The van der Waals surface area contributed by atoms with Gasteiger partial charge >= 0.3 is 0 Å². The summed E-state index contributed by atoms with van der Waals surface area (Å²) in [7, 11) is 3.36. The van der Waals surface area contributed by atoms with E-state index in [0.717, 1.165) is 12.8 Å². The maximum atomic E-state index is 12.7. The largest absolute Gasteiger partial charge is 0.347 e. The molecule has 7 nitrogen and oxygen atoms in total. The molecule has 1 aromatic rings. The summed E-state index contributed by atoms with van der Waals surface area (Å²) < 4.78 is 0. The van der Waals surface area contributed by atoms with Gasteiger partial charge in [0.2, 0.25) is 11.8 Å². The van der Waals surface area contributed by atoms with E-state index in [9.17, 15) is 14.4 Å². The summed E-state index contributed by atoms with van der Waals surface area (Å²) in [4.78, 5) is 46.3. The number of aromatic nitrogens is 1. The Hall–Kier alpha value is -2.44. The molecule has 4 heterocycles. The Labute approximate surface area is 141 Å². The SMILES string of the molecule is CN(C)C(=O)CN1C(=O)[C@H]2CC[C@@H]1CN(C(=O)c1cccnc1)C2.